The molecule has 0 aliphatic carbocycles. The van der Waals surface area contributed by atoms with Gasteiger partial charge < -0.3 is 15.5 Å². The van der Waals surface area contributed by atoms with Gasteiger partial charge in [0.05, 0.1) is 0 Å². The lowest BCUT2D eigenvalue weighted by Gasteiger charge is -2.30. The number of likely N-dealkylation sites (tertiary alicyclic amines) is 1. The zero-order valence-corrected chi connectivity index (χ0v) is 16.9. The summed E-state index contributed by atoms with van der Waals surface area (Å²) in [5, 5.41) is 6.86. The number of guanidine groups is 1. The average Bonchev–Trinajstić information content (AvgIpc) is 3.01. The first-order chi connectivity index (χ1) is 11.4. The Morgan fingerprint density at radius 2 is 1.67 bits per heavy atom. The van der Waals surface area contributed by atoms with Crippen LogP contribution in [-0.2, 0) is 0 Å². The minimum absolute atomic E-state index is 0.576. The Morgan fingerprint density at radius 1 is 1.04 bits per heavy atom. The number of rotatable bonds is 10. The molecule has 1 rings (SSSR count). The van der Waals surface area contributed by atoms with Crippen LogP contribution in [-0.4, -0.2) is 73.7 Å². The van der Waals surface area contributed by atoms with Gasteiger partial charge in [-0.3, -0.25) is 9.89 Å². The Labute approximate surface area is 150 Å². The molecule has 0 aromatic rings. The van der Waals surface area contributed by atoms with E-state index >= 15 is 0 Å². The summed E-state index contributed by atoms with van der Waals surface area (Å²) in [6, 6.07) is 1.15. The number of nitrogens with zero attached hydrogens (tertiary/aromatic N) is 3. The summed E-state index contributed by atoms with van der Waals surface area (Å²) in [6.45, 7) is 21.0. The summed E-state index contributed by atoms with van der Waals surface area (Å²) < 4.78 is 0. The monoisotopic (exact) mass is 339 g/mol. The second-order valence-corrected chi connectivity index (χ2v) is 7.68. The highest BCUT2D eigenvalue weighted by Gasteiger charge is 2.15. The predicted octanol–water partition coefficient (Wildman–Crippen LogP) is 2.39. The van der Waals surface area contributed by atoms with E-state index in [1.807, 2.05) is 0 Å². The van der Waals surface area contributed by atoms with Crippen LogP contribution in [0.15, 0.2) is 4.99 Å². The number of aliphatic imine (C=N–C) groups is 1. The van der Waals surface area contributed by atoms with E-state index in [9.17, 15) is 0 Å². The summed E-state index contributed by atoms with van der Waals surface area (Å²) >= 11 is 0. The molecule has 1 fully saturated rings. The van der Waals surface area contributed by atoms with Crippen LogP contribution in [0.25, 0.3) is 0 Å². The molecule has 0 saturated carbocycles. The molecule has 0 aromatic heterocycles. The maximum absolute atomic E-state index is 4.79. The van der Waals surface area contributed by atoms with Gasteiger partial charge in [-0.15, -0.1) is 0 Å². The van der Waals surface area contributed by atoms with Crippen LogP contribution < -0.4 is 10.6 Å². The van der Waals surface area contributed by atoms with Gasteiger partial charge >= 0.3 is 0 Å². The molecule has 142 valence electrons. The minimum atomic E-state index is 0.576. The van der Waals surface area contributed by atoms with Gasteiger partial charge in [0.2, 0.25) is 0 Å². The van der Waals surface area contributed by atoms with Gasteiger partial charge in [0.1, 0.15) is 0 Å². The van der Waals surface area contributed by atoms with E-state index in [1.54, 1.807) is 0 Å². The standard InChI is InChI=1S/C19H41N5/c1-7-20-19(21-10-13-24(16(2)3)17(4)5)22-14-18(6)15-23-11-8-9-12-23/h16-18H,7-15H2,1-6H3,(H2,20,21,22). The molecule has 1 aliphatic heterocycles. The molecule has 1 heterocycles. The Balaban J connectivity index is 2.38. The van der Waals surface area contributed by atoms with Crippen LogP contribution in [0.5, 0.6) is 0 Å². The maximum atomic E-state index is 4.79. The van der Waals surface area contributed by atoms with Crippen LogP contribution in [0, 0.1) is 5.92 Å². The molecule has 0 amide bonds. The van der Waals surface area contributed by atoms with Gasteiger partial charge in [-0.05, 0) is 66.5 Å². The molecule has 0 aromatic carbocycles. The van der Waals surface area contributed by atoms with Crippen LogP contribution in [0.2, 0.25) is 0 Å². The smallest absolute Gasteiger partial charge is 0.191 e. The third-order valence-electron chi connectivity index (χ3n) is 4.66. The van der Waals surface area contributed by atoms with Crippen molar-refractivity contribution in [3.05, 3.63) is 0 Å². The highest BCUT2D eigenvalue weighted by molar-refractivity contribution is 5.79. The third kappa shape index (κ3) is 8.34. The highest BCUT2D eigenvalue weighted by atomic mass is 15.2. The average molecular weight is 340 g/mol. The molecular formula is C19H41N5. The van der Waals surface area contributed by atoms with Crippen molar-refractivity contribution in [3.8, 4) is 0 Å². The van der Waals surface area contributed by atoms with E-state index in [-0.39, 0.29) is 0 Å². The van der Waals surface area contributed by atoms with Gasteiger partial charge in [-0.1, -0.05) is 6.92 Å². The molecule has 1 aliphatic rings. The van der Waals surface area contributed by atoms with E-state index in [2.05, 4.69) is 62.0 Å². The zero-order chi connectivity index (χ0) is 17.9. The van der Waals surface area contributed by atoms with Crippen LogP contribution in [0.1, 0.15) is 54.4 Å². The second kappa shape index (κ2) is 11.7. The molecule has 0 spiro atoms. The van der Waals surface area contributed by atoms with E-state index in [4.69, 9.17) is 4.99 Å². The molecule has 1 saturated heterocycles. The first kappa shape index (κ1) is 21.2. The van der Waals surface area contributed by atoms with Crippen LogP contribution in [0.3, 0.4) is 0 Å². The van der Waals surface area contributed by atoms with Crippen molar-refractivity contribution < 1.29 is 0 Å². The number of hydrogen-bond donors (Lipinski definition) is 2. The molecular weight excluding hydrogens is 298 g/mol. The van der Waals surface area contributed by atoms with Crippen molar-refractivity contribution in [3.63, 3.8) is 0 Å². The van der Waals surface area contributed by atoms with Gasteiger partial charge in [0, 0.05) is 44.8 Å². The molecule has 5 nitrogen and oxygen atoms in total. The largest absolute Gasteiger partial charge is 0.357 e. The molecule has 0 radical (unpaired) electrons. The van der Waals surface area contributed by atoms with Crippen LogP contribution >= 0.6 is 0 Å². The van der Waals surface area contributed by atoms with Gasteiger partial charge in [-0.25, -0.2) is 0 Å². The predicted molar refractivity (Wildman–Crippen MR) is 106 cm³/mol. The Kier molecular flexibility index (Phi) is 10.3. The first-order valence-corrected chi connectivity index (χ1v) is 9.94. The third-order valence-corrected chi connectivity index (χ3v) is 4.66. The highest BCUT2D eigenvalue weighted by Crippen LogP contribution is 2.10. The maximum Gasteiger partial charge on any atom is 0.191 e. The van der Waals surface area contributed by atoms with E-state index in [1.165, 1.54) is 32.5 Å². The fourth-order valence-electron chi connectivity index (χ4n) is 3.47. The van der Waals surface area contributed by atoms with Crippen molar-refractivity contribution in [2.75, 3.05) is 45.8 Å². The summed E-state index contributed by atoms with van der Waals surface area (Å²) in [5.74, 6) is 1.57. The Hall–Kier alpha value is -0.810. The quantitative estimate of drug-likeness (QED) is 0.474. The summed E-state index contributed by atoms with van der Waals surface area (Å²) in [6.07, 6.45) is 2.73. The van der Waals surface area contributed by atoms with Crippen LogP contribution in [0.4, 0.5) is 0 Å². The molecule has 1 unspecified atom stereocenters. The molecule has 24 heavy (non-hydrogen) atoms. The summed E-state index contributed by atoms with van der Waals surface area (Å²) in [4.78, 5) is 9.87. The summed E-state index contributed by atoms with van der Waals surface area (Å²) in [7, 11) is 0. The fourth-order valence-corrected chi connectivity index (χ4v) is 3.47. The lowest BCUT2D eigenvalue weighted by molar-refractivity contribution is 0.178. The van der Waals surface area contributed by atoms with E-state index < -0.39 is 0 Å². The molecule has 1 atom stereocenters. The van der Waals surface area contributed by atoms with E-state index in [0.717, 1.165) is 32.1 Å². The second-order valence-electron chi connectivity index (χ2n) is 7.68. The number of hydrogen-bond acceptors (Lipinski definition) is 3. The normalized spacial score (nSPS) is 18.0. The van der Waals surface area contributed by atoms with Crippen molar-refractivity contribution in [1.29, 1.82) is 0 Å². The zero-order valence-electron chi connectivity index (χ0n) is 16.9. The van der Waals surface area contributed by atoms with Crippen molar-refractivity contribution in [2.45, 2.75) is 66.5 Å². The van der Waals surface area contributed by atoms with Crippen molar-refractivity contribution in [1.82, 2.24) is 20.4 Å². The minimum Gasteiger partial charge on any atom is -0.357 e. The van der Waals surface area contributed by atoms with Gasteiger partial charge in [-0.2, -0.15) is 0 Å². The van der Waals surface area contributed by atoms with Gasteiger partial charge in [0.15, 0.2) is 5.96 Å². The Bertz CT molecular complexity index is 340. The SMILES string of the molecule is CCNC(=NCC(C)CN1CCCC1)NCCN(C(C)C)C(C)C. The Morgan fingerprint density at radius 3 is 2.21 bits per heavy atom. The topological polar surface area (TPSA) is 42.9 Å². The molecule has 0 bridgehead atoms. The molecule has 2 N–H and O–H groups in total. The van der Waals surface area contributed by atoms with Crippen molar-refractivity contribution >= 4 is 5.96 Å². The molecule has 5 heteroatoms. The summed E-state index contributed by atoms with van der Waals surface area (Å²) in [5.41, 5.74) is 0. The van der Waals surface area contributed by atoms with E-state index in [0.29, 0.717) is 18.0 Å². The number of nitrogens with one attached hydrogen (secondary N) is 2. The lowest BCUT2D eigenvalue weighted by Crippen LogP contribution is -2.45. The van der Waals surface area contributed by atoms with Gasteiger partial charge in [0.25, 0.3) is 0 Å². The fraction of sp³-hybridized carbons (Fsp3) is 0.947. The lowest BCUT2D eigenvalue weighted by atomic mass is 10.2. The van der Waals surface area contributed by atoms with Crippen molar-refractivity contribution in [2.24, 2.45) is 10.9 Å². The first-order valence-electron chi connectivity index (χ1n) is 9.94.